The van der Waals surface area contributed by atoms with Gasteiger partial charge in [0, 0.05) is 16.9 Å². The lowest BCUT2D eigenvalue weighted by Crippen LogP contribution is -2.16. The molecule has 0 saturated carbocycles. The molecule has 1 N–H and O–H groups in total. The largest absolute Gasteiger partial charge is 0.325 e. The van der Waals surface area contributed by atoms with Crippen molar-refractivity contribution >= 4 is 23.4 Å². The summed E-state index contributed by atoms with van der Waals surface area (Å²) in [5, 5.41) is 12.6. The number of amides is 1. The molecule has 1 aromatic heterocycles. The molecule has 6 heteroatoms. The van der Waals surface area contributed by atoms with E-state index in [0.29, 0.717) is 5.16 Å². The number of anilines is 1. The highest BCUT2D eigenvalue weighted by Gasteiger charge is 2.18. The zero-order valence-corrected chi connectivity index (χ0v) is 18.6. The Kier molecular flexibility index (Phi) is 6.18. The average molecular weight is 429 g/mol. The molecule has 0 aliphatic rings. The van der Waals surface area contributed by atoms with E-state index in [1.54, 1.807) is 0 Å². The molecule has 0 bridgehead atoms. The molecule has 0 fully saturated rings. The molecule has 1 amide bonds. The fraction of sp³-hybridized carbons (Fsp3) is 0.160. The first kappa shape index (κ1) is 20.9. The second-order valence-electron chi connectivity index (χ2n) is 7.45. The number of thioether (sulfide) groups is 1. The van der Waals surface area contributed by atoms with Crippen molar-refractivity contribution in [1.82, 2.24) is 14.8 Å². The molecule has 4 aromatic rings. The Bertz CT molecular complexity index is 1200. The molecule has 1 heterocycles. The highest BCUT2D eigenvalue weighted by atomic mass is 32.2. The third kappa shape index (κ3) is 4.70. The van der Waals surface area contributed by atoms with E-state index in [0.717, 1.165) is 39.5 Å². The summed E-state index contributed by atoms with van der Waals surface area (Å²) in [5.41, 5.74) is 6.07. The number of para-hydroxylation sites is 1. The van der Waals surface area contributed by atoms with Crippen LogP contribution in [0, 0.1) is 20.8 Å². The number of aromatic nitrogens is 3. The van der Waals surface area contributed by atoms with E-state index in [2.05, 4.69) is 34.6 Å². The monoisotopic (exact) mass is 428 g/mol. The standard InChI is InChI=1S/C25H24N4OS/c1-17-9-7-14-21(15-17)29-24(20-12-5-4-6-13-20)27-28-25(29)31-16-22(30)26-23-18(2)10-8-11-19(23)3/h4-15H,16H2,1-3H3,(H,26,30). The third-order valence-corrected chi connectivity index (χ3v) is 5.93. The van der Waals surface area contributed by atoms with Gasteiger partial charge in [0.25, 0.3) is 0 Å². The summed E-state index contributed by atoms with van der Waals surface area (Å²) in [5.74, 6) is 0.929. The van der Waals surface area contributed by atoms with Gasteiger partial charge in [0.05, 0.1) is 5.75 Å². The summed E-state index contributed by atoms with van der Waals surface area (Å²) in [4.78, 5) is 12.7. The summed E-state index contributed by atoms with van der Waals surface area (Å²) < 4.78 is 2.01. The predicted molar refractivity (Wildman–Crippen MR) is 127 cm³/mol. The van der Waals surface area contributed by atoms with E-state index >= 15 is 0 Å². The fourth-order valence-corrected chi connectivity index (χ4v) is 4.21. The van der Waals surface area contributed by atoms with Gasteiger partial charge in [0.1, 0.15) is 0 Å². The normalized spacial score (nSPS) is 10.8. The van der Waals surface area contributed by atoms with Gasteiger partial charge in [-0.1, -0.05) is 72.4 Å². The number of rotatable bonds is 6. The second-order valence-corrected chi connectivity index (χ2v) is 8.39. The maximum Gasteiger partial charge on any atom is 0.234 e. The number of hydrogen-bond acceptors (Lipinski definition) is 4. The number of nitrogens with zero attached hydrogens (tertiary/aromatic N) is 3. The summed E-state index contributed by atoms with van der Waals surface area (Å²) in [6.07, 6.45) is 0. The van der Waals surface area contributed by atoms with Crippen LogP contribution in [0.1, 0.15) is 16.7 Å². The van der Waals surface area contributed by atoms with Crippen LogP contribution in [0.3, 0.4) is 0 Å². The molecule has 3 aromatic carbocycles. The van der Waals surface area contributed by atoms with Crippen molar-refractivity contribution in [3.63, 3.8) is 0 Å². The summed E-state index contributed by atoms with van der Waals surface area (Å²) in [6.45, 7) is 6.05. The van der Waals surface area contributed by atoms with E-state index < -0.39 is 0 Å². The Hall–Kier alpha value is -3.38. The molecular weight excluding hydrogens is 404 g/mol. The van der Waals surface area contributed by atoms with Crippen molar-refractivity contribution in [3.05, 3.63) is 89.5 Å². The van der Waals surface area contributed by atoms with Crippen LogP contribution in [-0.2, 0) is 4.79 Å². The Balaban J connectivity index is 1.61. The van der Waals surface area contributed by atoms with E-state index in [1.165, 1.54) is 11.8 Å². The van der Waals surface area contributed by atoms with Gasteiger partial charge >= 0.3 is 0 Å². The first-order valence-electron chi connectivity index (χ1n) is 10.1. The van der Waals surface area contributed by atoms with E-state index in [4.69, 9.17) is 0 Å². The Morgan fingerprint density at radius 1 is 0.903 bits per heavy atom. The van der Waals surface area contributed by atoms with Gasteiger partial charge in [-0.2, -0.15) is 0 Å². The van der Waals surface area contributed by atoms with Crippen LogP contribution in [0.15, 0.2) is 78.0 Å². The zero-order valence-electron chi connectivity index (χ0n) is 17.8. The highest BCUT2D eigenvalue weighted by Crippen LogP contribution is 2.28. The number of benzene rings is 3. The number of nitrogens with one attached hydrogen (secondary N) is 1. The van der Waals surface area contributed by atoms with Crippen molar-refractivity contribution in [2.75, 3.05) is 11.1 Å². The molecule has 0 spiro atoms. The first-order valence-corrected chi connectivity index (χ1v) is 11.1. The molecule has 31 heavy (non-hydrogen) atoms. The Morgan fingerprint density at radius 2 is 1.61 bits per heavy atom. The summed E-state index contributed by atoms with van der Waals surface area (Å²) in [7, 11) is 0. The minimum Gasteiger partial charge on any atom is -0.325 e. The second kappa shape index (κ2) is 9.18. The van der Waals surface area contributed by atoms with Crippen LogP contribution in [0.4, 0.5) is 5.69 Å². The minimum absolute atomic E-state index is 0.0672. The number of hydrogen-bond donors (Lipinski definition) is 1. The Morgan fingerprint density at radius 3 is 2.32 bits per heavy atom. The lowest BCUT2D eigenvalue weighted by molar-refractivity contribution is -0.113. The summed E-state index contributed by atoms with van der Waals surface area (Å²) >= 11 is 1.38. The highest BCUT2D eigenvalue weighted by molar-refractivity contribution is 7.99. The van der Waals surface area contributed by atoms with Gasteiger partial charge in [-0.15, -0.1) is 10.2 Å². The quantitative estimate of drug-likeness (QED) is 0.407. The van der Waals surface area contributed by atoms with Crippen LogP contribution in [0.5, 0.6) is 0 Å². The molecule has 0 unspecified atom stereocenters. The molecule has 5 nitrogen and oxygen atoms in total. The van der Waals surface area contributed by atoms with Crippen molar-refractivity contribution in [2.45, 2.75) is 25.9 Å². The molecule has 0 saturated heterocycles. The van der Waals surface area contributed by atoms with Crippen molar-refractivity contribution in [1.29, 1.82) is 0 Å². The molecule has 0 radical (unpaired) electrons. The molecule has 0 aliphatic heterocycles. The van der Waals surface area contributed by atoms with Gasteiger partial charge < -0.3 is 5.32 Å². The van der Waals surface area contributed by atoms with Crippen molar-refractivity contribution in [2.24, 2.45) is 0 Å². The maximum atomic E-state index is 12.7. The number of carbonyl (C=O) groups is 1. The van der Waals surface area contributed by atoms with Crippen LogP contribution in [-0.4, -0.2) is 26.4 Å². The number of carbonyl (C=O) groups excluding carboxylic acids is 1. The molecule has 0 atom stereocenters. The van der Waals surface area contributed by atoms with Gasteiger partial charge in [0.15, 0.2) is 11.0 Å². The van der Waals surface area contributed by atoms with Gasteiger partial charge in [-0.3, -0.25) is 9.36 Å². The minimum atomic E-state index is -0.0672. The van der Waals surface area contributed by atoms with E-state index in [1.807, 2.05) is 79.1 Å². The SMILES string of the molecule is Cc1cccc(-n2c(SCC(=O)Nc3c(C)cccc3C)nnc2-c2ccccc2)c1. The van der Waals surface area contributed by atoms with E-state index in [-0.39, 0.29) is 11.7 Å². The third-order valence-electron chi connectivity index (χ3n) is 5.00. The smallest absolute Gasteiger partial charge is 0.234 e. The van der Waals surface area contributed by atoms with Crippen molar-refractivity contribution in [3.8, 4) is 17.1 Å². The topological polar surface area (TPSA) is 59.8 Å². The van der Waals surface area contributed by atoms with Gasteiger partial charge in [-0.25, -0.2) is 0 Å². The molecule has 0 aliphatic carbocycles. The lowest BCUT2D eigenvalue weighted by atomic mass is 10.1. The van der Waals surface area contributed by atoms with Crippen LogP contribution < -0.4 is 5.32 Å². The molecular formula is C25H24N4OS. The predicted octanol–water partition coefficient (Wildman–Crippen LogP) is 5.59. The summed E-state index contributed by atoms with van der Waals surface area (Å²) in [6, 6.07) is 24.1. The lowest BCUT2D eigenvalue weighted by Gasteiger charge is -2.12. The first-order chi connectivity index (χ1) is 15.0. The zero-order chi connectivity index (χ0) is 21.8. The van der Waals surface area contributed by atoms with E-state index in [9.17, 15) is 4.79 Å². The van der Waals surface area contributed by atoms with Gasteiger partial charge in [-0.05, 0) is 49.6 Å². The van der Waals surface area contributed by atoms with Crippen LogP contribution in [0.25, 0.3) is 17.1 Å². The van der Waals surface area contributed by atoms with Crippen molar-refractivity contribution < 1.29 is 4.79 Å². The molecule has 4 rings (SSSR count). The molecule has 156 valence electrons. The Labute approximate surface area is 186 Å². The maximum absolute atomic E-state index is 12.7. The van der Waals surface area contributed by atoms with Crippen LogP contribution in [0.2, 0.25) is 0 Å². The average Bonchev–Trinajstić information content (AvgIpc) is 3.20. The number of aryl methyl sites for hydroxylation is 3. The van der Waals surface area contributed by atoms with Crippen LogP contribution >= 0.6 is 11.8 Å². The fourth-order valence-electron chi connectivity index (χ4n) is 3.45. The van der Waals surface area contributed by atoms with Gasteiger partial charge in [0.2, 0.25) is 5.91 Å².